The van der Waals surface area contributed by atoms with Crippen LogP contribution in [0.5, 0.6) is 11.5 Å². The van der Waals surface area contributed by atoms with Crippen molar-refractivity contribution in [3.63, 3.8) is 0 Å². The first kappa shape index (κ1) is 46.9. The van der Waals surface area contributed by atoms with Gasteiger partial charge in [-0.25, -0.2) is 0 Å². The molecule has 5 rings (SSSR count). The number of nitrogens with one attached hydrogen (secondary N) is 2. The molecule has 1 aliphatic carbocycles. The number of Topliss-reactive ketones (excluding diaryl/α,β-unsaturated/α-hetero) is 2. The Labute approximate surface area is 347 Å². The van der Waals surface area contributed by atoms with Crippen molar-refractivity contribution in [2.75, 3.05) is 7.11 Å². The lowest BCUT2D eigenvalue weighted by atomic mass is 9.78. The molecule has 0 spiro atoms. The number of ketones is 2. The molecule has 59 heavy (non-hydrogen) atoms. The number of aromatic hydroxyl groups is 1. The fraction of sp³-hybridized carbons (Fsp3) is 0.578. The summed E-state index contributed by atoms with van der Waals surface area (Å²) in [7, 11) is 1.45. The zero-order valence-corrected chi connectivity index (χ0v) is 37.1. The third kappa shape index (κ3) is 9.82. The van der Waals surface area contributed by atoms with E-state index in [1.54, 1.807) is 46.8 Å². The highest BCUT2D eigenvalue weighted by Gasteiger charge is 2.52. The number of phenols is 1. The van der Waals surface area contributed by atoms with E-state index in [4.69, 9.17) is 23.9 Å². The predicted octanol–water partition coefficient (Wildman–Crippen LogP) is 5.75. The molecule has 324 valence electrons. The zero-order chi connectivity index (χ0) is 44.7. The molecule has 0 unspecified atom stereocenters. The first-order valence-electron chi connectivity index (χ1n) is 20.0. The lowest BCUT2D eigenvalue weighted by Crippen LogP contribution is -2.46. The number of fused-ring (bicyclic) bond motifs is 14. The van der Waals surface area contributed by atoms with Crippen molar-refractivity contribution in [3.8, 4) is 11.5 Å². The number of aliphatic hydroxyl groups is 2. The van der Waals surface area contributed by atoms with Crippen molar-refractivity contribution in [1.29, 1.82) is 0 Å². The number of rotatable bonds is 3. The summed E-state index contributed by atoms with van der Waals surface area (Å²) in [6, 6.07) is 0. The molecule has 4 aliphatic rings. The average Bonchev–Trinajstić information content (AvgIpc) is 3.40. The summed E-state index contributed by atoms with van der Waals surface area (Å²) in [6.07, 6.45) is 3.78. The highest BCUT2D eigenvalue weighted by Crippen LogP contribution is 2.49. The van der Waals surface area contributed by atoms with Gasteiger partial charge in [-0.1, -0.05) is 45.9 Å². The van der Waals surface area contributed by atoms with Gasteiger partial charge in [0.1, 0.15) is 23.3 Å². The van der Waals surface area contributed by atoms with Crippen LogP contribution in [0.2, 0.25) is 0 Å². The lowest BCUT2D eigenvalue weighted by Gasteiger charge is -2.38. The molecule has 0 saturated carbocycles. The van der Waals surface area contributed by atoms with Crippen LogP contribution in [0.25, 0.3) is 0 Å². The molecule has 1 aromatic carbocycles. The smallest absolute Gasteiger partial charge is 0.312 e. The van der Waals surface area contributed by atoms with Crippen molar-refractivity contribution in [2.45, 2.75) is 138 Å². The second-order valence-corrected chi connectivity index (χ2v) is 18.2. The van der Waals surface area contributed by atoms with E-state index in [-0.39, 0.29) is 50.7 Å². The molecule has 1 amide bonds. The molecule has 3 aliphatic heterocycles. The zero-order valence-electron chi connectivity index (χ0n) is 37.1. The molecular weight excluding hydrogens is 759 g/mol. The fourth-order valence-electron chi connectivity index (χ4n) is 7.65. The Kier molecular flexibility index (Phi) is 13.9. The second kappa shape index (κ2) is 17.4. The first-order valence-corrected chi connectivity index (χ1v) is 20.0. The van der Waals surface area contributed by atoms with Gasteiger partial charge in [0.2, 0.25) is 5.78 Å². The Morgan fingerprint density at radius 2 is 1.56 bits per heavy atom. The van der Waals surface area contributed by atoms with Gasteiger partial charge in [0.15, 0.2) is 0 Å². The highest BCUT2D eigenvalue weighted by atomic mass is 16.7. The average molecular weight is 822 g/mol. The minimum atomic E-state index is -2.00. The van der Waals surface area contributed by atoms with Gasteiger partial charge in [0.05, 0.1) is 52.6 Å². The van der Waals surface area contributed by atoms with E-state index in [1.807, 2.05) is 41.5 Å². The van der Waals surface area contributed by atoms with Crippen LogP contribution in [0.1, 0.15) is 122 Å². The van der Waals surface area contributed by atoms with Gasteiger partial charge in [-0.3, -0.25) is 24.2 Å². The molecule has 14 heteroatoms. The Morgan fingerprint density at radius 3 is 2.12 bits per heavy atom. The van der Waals surface area contributed by atoms with Gasteiger partial charge in [-0.2, -0.15) is 0 Å². The first-order chi connectivity index (χ1) is 27.2. The number of esters is 1. The standard InChI is InChI=1S/C45H63N3O11/c1-21-17-16-18-22(2)42(55)46-34-33(48-44(11,12)13)32(47-43(8,9)10)29-30(38(34)53)37(52)26(6)40-31(29)41(54)45(14,59-40)57-20-19-28(56-15)23(3)39(58-27(7)49)25(5)36(51)24(4)35(21)50/h16-21,23-25,28,35-36,39,48,50-52H,1-15H3,(H,46,55)/b17-16+,20-19+,22-18-,47-32?/t21-,23+,24+,25+,28-,35-,36+,39+,45-/m0/s1. The molecule has 0 fully saturated rings. The number of ether oxygens (including phenoxy) is 4. The maximum absolute atomic E-state index is 14.7. The quantitative estimate of drug-likeness (QED) is 0.232. The summed E-state index contributed by atoms with van der Waals surface area (Å²) in [5.74, 6) is -7.51. The Hall–Kier alpha value is -4.79. The number of methoxy groups -OCH3 is 1. The Morgan fingerprint density at radius 1 is 0.932 bits per heavy atom. The summed E-state index contributed by atoms with van der Waals surface area (Å²) in [5, 5.41) is 40.8. The summed E-state index contributed by atoms with van der Waals surface area (Å²) in [5.41, 5.74) is -1.31. The van der Waals surface area contributed by atoms with Crippen LogP contribution in [0.3, 0.4) is 0 Å². The van der Waals surface area contributed by atoms with Crippen molar-refractivity contribution in [2.24, 2.45) is 28.7 Å². The van der Waals surface area contributed by atoms with E-state index in [0.717, 1.165) is 0 Å². The van der Waals surface area contributed by atoms with E-state index < -0.39 is 94.1 Å². The third-order valence-corrected chi connectivity index (χ3v) is 10.9. The van der Waals surface area contributed by atoms with E-state index in [9.17, 15) is 34.5 Å². The molecule has 0 aromatic heterocycles. The summed E-state index contributed by atoms with van der Waals surface area (Å²) in [4.78, 5) is 60.7. The van der Waals surface area contributed by atoms with Gasteiger partial charge in [-0.15, -0.1) is 0 Å². The maximum Gasteiger partial charge on any atom is 0.312 e. The van der Waals surface area contributed by atoms with E-state index in [1.165, 1.54) is 46.3 Å². The van der Waals surface area contributed by atoms with Crippen LogP contribution < -0.4 is 15.4 Å². The van der Waals surface area contributed by atoms with Crippen molar-refractivity contribution >= 4 is 29.2 Å². The van der Waals surface area contributed by atoms with E-state index in [0.29, 0.717) is 0 Å². The van der Waals surface area contributed by atoms with Gasteiger partial charge in [0, 0.05) is 66.9 Å². The molecule has 0 radical (unpaired) electrons. The van der Waals surface area contributed by atoms with Crippen molar-refractivity contribution in [1.82, 2.24) is 10.6 Å². The Bertz CT molecular complexity index is 2010. The van der Waals surface area contributed by atoms with Crippen LogP contribution in [0, 0.1) is 30.6 Å². The fourth-order valence-corrected chi connectivity index (χ4v) is 7.65. The minimum absolute atomic E-state index is 0.00447. The number of hydrogen-bond acceptors (Lipinski definition) is 13. The van der Waals surface area contributed by atoms with Gasteiger partial charge in [-0.05, 0) is 61.5 Å². The molecule has 0 saturated heterocycles. The highest BCUT2D eigenvalue weighted by molar-refractivity contribution is 6.34. The number of aliphatic hydroxyl groups excluding tert-OH is 2. The molecule has 3 heterocycles. The maximum atomic E-state index is 14.7. The Balaban J connectivity index is 2.03. The summed E-state index contributed by atoms with van der Waals surface area (Å²) in [6.45, 7) is 23.8. The second-order valence-electron chi connectivity index (χ2n) is 18.2. The van der Waals surface area contributed by atoms with E-state index >= 15 is 0 Å². The largest absolute Gasteiger partial charge is 0.507 e. The van der Waals surface area contributed by atoms with Crippen LogP contribution in [0.4, 0.5) is 0 Å². The molecular formula is C45H63N3O11. The number of carbonyl (C=O) groups excluding carboxylic acids is 4. The monoisotopic (exact) mass is 821 g/mol. The lowest BCUT2D eigenvalue weighted by molar-refractivity contribution is -0.160. The number of amides is 1. The number of allylic oxidation sites excluding steroid dienone is 4. The summed E-state index contributed by atoms with van der Waals surface area (Å²) >= 11 is 0. The number of benzene rings is 1. The number of nitrogens with zero attached hydrogens (tertiary/aromatic N) is 1. The van der Waals surface area contributed by atoms with Gasteiger partial charge >= 0.3 is 11.8 Å². The van der Waals surface area contributed by atoms with Crippen LogP contribution in [-0.4, -0.2) is 92.9 Å². The van der Waals surface area contributed by atoms with Crippen LogP contribution >= 0.6 is 0 Å². The van der Waals surface area contributed by atoms with E-state index in [2.05, 4.69) is 10.6 Å². The SMILES string of the molecule is CO[C@H]1/C=C/O[C@@]2(C)Oc3c(C)c(O)c4c(c3C2=O)C(=NC(C)(C)C)C(NC(C)(C)C)=C(NC(=O)/C(C)=C\C=C\[C@H](C)[C@H](O)[C@@H](C)[C@@H](O)[C@@H](C)[C@H](OC(C)=O)[C@@H]1C)C4=O. The molecule has 1 aromatic rings. The third-order valence-electron chi connectivity index (χ3n) is 10.9. The number of phenolic OH excluding ortho intramolecular Hbond substituents is 1. The molecule has 5 N–H and O–H groups in total. The van der Waals surface area contributed by atoms with Crippen LogP contribution in [-0.2, 0) is 23.8 Å². The minimum Gasteiger partial charge on any atom is -0.507 e. The topological polar surface area (TPSA) is 202 Å². The van der Waals surface area contributed by atoms with Gasteiger partial charge < -0.3 is 44.9 Å². The summed E-state index contributed by atoms with van der Waals surface area (Å²) < 4.78 is 23.9. The van der Waals surface area contributed by atoms with Gasteiger partial charge in [0.25, 0.3) is 11.7 Å². The predicted molar refractivity (Wildman–Crippen MR) is 223 cm³/mol. The molecule has 9 atom stereocenters. The molecule has 14 nitrogen and oxygen atoms in total. The van der Waals surface area contributed by atoms with Crippen molar-refractivity contribution in [3.05, 3.63) is 69.8 Å². The van der Waals surface area contributed by atoms with Crippen LogP contribution in [0.15, 0.2) is 52.5 Å². The number of carbonyl (C=O) groups is 4. The normalized spacial score (nSPS) is 32.5. The van der Waals surface area contributed by atoms with Crippen molar-refractivity contribution < 1.29 is 53.4 Å². The number of aliphatic imine (C=N–C) groups is 1. The number of hydrogen-bond donors (Lipinski definition) is 5. The molecule has 5 bridgehead atoms.